The van der Waals surface area contributed by atoms with Crippen LogP contribution in [0.15, 0.2) is 36.4 Å². The number of hydrogen-bond donors (Lipinski definition) is 1. The quantitative estimate of drug-likeness (QED) is 0.392. The van der Waals surface area contributed by atoms with Gasteiger partial charge >= 0.3 is 0 Å². The molecule has 1 aliphatic carbocycles. The van der Waals surface area contributed by atoms with Crippen LogP contribution < -0.4 is 5.32 Å². The SMILES string of the molecule is O=C(NC1CC1)C(=O)c1c(Cl)n(Cc2ccc(Cl)cc2Cl)c2ccc(Cl)cc12. The van der Waals surface area contributed by atoms with E-state index in [1.54, 1.807) is 41.0 Å². The molecule has 1 aromatic heterocycles. The van der Waals surface area contributed by atoms with E-state index < -0.39 is 11.7 Å². The maximum atomic E-state index is 12.8. The van der Waals surface area contributed by atoms with Gasteiger partial charge in [0.2, 0.25) is 0 Å². The molecule has 0 radical (unpaired) electrons. The standard InChI is InChI=1S/C20H14Cl4N2O2/c21-11-3-6-16-14(7-11)17(18(27)20(28)25-13-4-5-13)19(24)26(16)9-10-1-2-12(22)8-15(10)23/h1-3,6-8,13H,4-5,9H2,(H,25,28). The summed E-state index contributed by atoms with van der Waals surface area (Å²) in [6, 6.07) is 10.4. The zero-order valence-corrected chi connectivity index (χ0v) is 17.5. The molecule has 1 N–H and O–H groups in total. The van der Waals surface area contributed by atoms with Crippen molar-refractivity contribution in [1.29, 1.82) is 0 Å². The summed E-state index contributed by atoms with van der Waals surface area (Å²) in [6.45, 7) is 0.310. The molecule has 0 spiro atoms. The van der Waals surface area contributed by atoms with Crippen LogP contribution in [0.3, 0.4) is 0 Å². The number of halogens is 4. The van der Waals surface area contributed by atoms with Gasteiger partial charge in [-0.15, -0.1) is 0 Å². The minimum absolute atomic E-state index is 0.0695. The van der Waals surface area contributed by atoms with E-state index >= 15 is 0 Å². The van der Waals surface area contributed by atoms with Crippen LogP contribution in [0, 0.1) is 0 Å². The Morgan fingerprint density at radius 3 is 2.36 bits per heavy atom. The summed E-state index contributed by atoms with van der Waals surface area (Å²) >= 11 is 25.0. The van der Waals surface area contributed by atoms with Crippen molar-refractivity contribution in [3.63, 3.8) is 0 Å². The van der Waals surface area contributed by atoms with Gasteiger partial charge in [0.1, 0.15) is 5.15 Å². The number of nitrogens with one attached hydrogen (secondary N) is 1. The summed E-state index contributed by atoms with van der Waals surface area (Å²) in [5.74, 6) is -1.34. The highest BCUT2D eigenvalue weighted by Crippen LogP contribution is 2.34. The van der Waals surface area contributed by atoms with Crippen LogP contribution in [-0.2, 0) is 11.3 Å². The molecule has 0 unspecified atom stereocenters. The third-order valence-electron chi connectivity index (χ3n) is 4.65. The first-order valence-corrected chi connectivity index (χ1v) is 10.1. The van der Waals surface area contributed by atoms with Gasteiger partial charge in [0.15, 0.2) is 0 Å². The van der Waals surface area contributed by atoms with Crippen LogP contribution in [0.4, 0.5) is 0 Å². The van der Waals surface area contributed by atoms with Gasteiger partial charge in [-0.05, 0) is 48.7 Å². The van der Waals surface area contributed by atoms with Gasteiger partial charge in [-0.2, -0.15) is 0 Å². The molecule has 28 heavy (non-hydrogen) atoms. The molecule has 2 aromatic carbocycles. The second kappa shape index (κ2) is 7.60. The number of carbonyl (C=O) groups is 2. The molecule has 1 saturated carbocycles. The largest absolute Gasteiger partial charge is 0.346 e. The molecule has 1 heterocycles. The third-order valence-corrected chi connectivity index (χ3v) is 5.87. The highest BCUT2D eigenvalue weighted by atomic mass is 35.5. The lowest BCUT2D eigenvalue weighted by Crippen LogP contribution is -2.32. The van der Waals surface area contributed by atoms with E-state index in [4.69, 9.17) is 46.4 Å². The summed E-state index contributed by atoms with van der Waals surface area (Å²) in [5.41, 5.74) is 1.60. The lowest BCUT2D eigenvalue weighted by Gasteiger charge is -2.10. The van der Waals surface area contributed by atoms with Crippen LogP contribution in [0.2, 0.25) is 20.2 Å². The number of Topliss-reactive ketones (excluding diaryl/α,β-unsaturated/α-hetero) is 1. The molecule has 1 aliphatic rings. The number of rotatable bonds is 5. The lowest BCUT2D eigenvalue weighted by molar-refractivity contribution is -0.117. The molecule has 0 bridgehead atoms. The second-order valence-corrected chi connectivity index (χ2v) is 8.36. The molecule has 3 aromatic rings. The third kappa shape index (κ3) is 3.74. The monoisotopic (exact) mass is 454 g/mol. The lowest BCUT2D eigenvalue weighted by atomic mass is 10.1. The fourth-order valence-electron chi connectivity index (χ4n) is 3.08. The van der Waals surface area contributed by atoms with Crippen LogP contribution in [0.25, 0.3) is 10.9 Å². The maximum Gasteiger partial charge on any atom is 0.292 e. The number of nitrogens with zero attached hydrogens (tertiary/aromatic N) is 1. The van der Waals surface area contributed by atoms with E-state index in [1.165, 1.54) is 0 Å². The average Bonchev–Trinajstić information content (AvgIpc) is 3.41. The Bertz CT molecular complexity index is 1120. The molecule has 1 fully saturated rings. The van der Waals surface area contributed by atoms with Crippen molar-refractivity contribution in [2.45, 2.75) is 25.4 Å². The van der Waals surface area contributed by atoms with E-state index in [1.807, 2.05) is 0 Å². The number of ketones is 1. The number of fused-ring (bicyclic) bond motifs is 1. The molecule has 0 saturated heterocycles. The minimum Gasteiger partial charge on any atom is -0.346 e. The highest BCUT2D eigenvalue weighted by molar-refractivity contribution is 6.49. The number of amides is 1. The van der Waals surface area contributed by atoms with Crippen LogP contribution in [0.1, 0.15) is 28.8 Å². The summed E-state index contributed by atoms with van der Waals surface area (Å²) in [4.78, 5) is 25.2. The first-order valence-electron chi connectivity index (χ1n) is 8.61. The first-order chi connectivity index (χ1) is 13.3. The smallest absolute Gasteiger partial charge is 0.292 e. The zero-order chi connectivity index (χ0) is 20.0. The maximum absolute atomic E-state index is 12.8. The predicted molar refractivity (Wildman–Crippen MR) is 113 cm³/mol. The van der Waals surface area contributed by atoms with Gasteiger partial charge in [-0.3, -0.25) is 9.59 Å². The van der Waals surface area contributed by atoms with Crippen LogP contribution in [0.5, 0.6) is 0 Å². The molecule has 144 valence electrons. The molecule has 0 aliphatic heterocycles. The minimum atomic E-state index is -0.676. The van der Waals surface area contributed by atoms with Crippen molar-refractivity contribution in [1.82, 2.24) is 9.88 Å². The summed E-state index contributed by atoms with van der Waals surface area (Å²) in [7, 11) is 0. The van der Waals surface area contributed by atoms with E-state index in [0.717, 1.165) is 18.4 Å². The van der Waals surface area contributed by atoms with Crippen molar-refractivity contribution in [2.24, 2.45) is 0 Å². The number of aromatic nitrogens is 1. The summed E-state index contributed by atoms with van der Waals surface area (Å²) < 4.78 is 1.74. The molecular formula is C20H14Cl4N2O2. The van der Waals surface area contributed by atoms with E-state index in [-0.39, 0.29) is 16.8 Å². The zero-order valence-electron chi connectivity index (χ0n) is 14.4. The topological polar surface area (TPSA) is 51.1 Å². The Kier molecular flexibility index (Phi) is 5.32. The Labute approximate surface area is 181 Å². The second-order valence-electron chi connectivity index (χ2n) is 6.73. The van der Waals surface area contributed by atoms with Crippen LogP contribution in [-0.4, -0.2) is 22.3 Å². The molecule has 4 nitrogen and oxygen atoms in total. The van der Waals surface area contributed by atoms with E-state index in [9.17, 15) is 9.59 Å². The van der Waals surface area contributed by atoms with Gasteiger partial charge in [-0.1, -0.05) is 52.5 Å². The fraction of sp³-hybridized carbons (Fsp3) is 0.200. The van der Waals surface area contributed by atoms with Gasteiger partial charge in [0.25, 0.3) is 11.7 Å². The molecular weight excluding hydrogens is 442 g/mol. The van der Waals surface area contributed by atoms with E-state index in [0.29, 0.717) is 32.5 Å². The van der Waals surface area contributed by atoms with Crippen LogP contribution >= 0.6 is 46.4 Å². The molecule has 8 heteroatoms. The molecule has 0 atom stereocenters. The van der Waals surface area contributed by atoms with Gasteiger partial charge in [0.05, 0.1) is 17.6 Å². The van der Waals surface area contributed by atoms with E-state index in [2.05, 4.69) is 5.32 Å². The normalized spacial score (nSPS) is 13.7. The highest BCUT2D eigenvalue weighted by Gasteiger charge is 2.31. The molecule has 1 amide bonds. The van der Waals surface area contributed by atoms with Gasteiger partial charge < -0.3 is 9.88 Å². The Balaban J connectivity index is 1.81. The van der Waals surface area contributed by atoms with Gasteiger partial charge in [-0.25, -0.2) is 0 Å². The number of benzene rings is 2. The van der Waals surface area contributed by atoms with Crippen molar-refractivity contribution in [2.75, 3.05) is 0 Å². The Morgan fingerprint density at radius 1 is 1.00 bits per heavy atom. The summed E-state index contributed by atoms with van der Waals surface area (Å²) in [5, 5.41) is 4.86. The summed E-state index contributed by atoms with van der Waals surface area (Å²) in [6.07, 6.45) is 1.77. The molecule has 4 rings (SSSR count). The Morgan fingerprint density at radius 2 is 1.68 bits per heavy atom. The van der Waals surface area contributed by atoms with Gasteiger partial charge in [0, 0.05) is 26.5 Å². The average molecular weight is 456 g/mol. The number of hydrogen-bond acceptors (Lipinski definition) is 2. The predicted octanol–water partition coefficient (Wildman–Crippen LogP) is 5.76. The van der Waals surface area contributed by atoms with Crippen molar-refractivity contribution < 1.29 is 9.59 Å². The van der Waals surface area contributed by atoms with Crippen molar-refractivity contribution in [3.8, 4) is 0 Å². The number of carbonyl (C=O) groups excluding carboxylic acids is 2. The van der Waals surface area contributed by atoms with Crippen molar-refractivity contribution >= 4 is 69.0 Å². The Hall–Kier alpha value is -1.72. The van der Waals surface area contributed by atoms with Crippen molar-refractivity contribution in [3.05, 3.63) is 67.7 Å². The first kappa shape index (κ1) is 19.6. The fourth-order valence-corrected chi connectivity index (χ4v) is 4.06.